The van der Waals surface area contributed by atoms with Crippen molar-refractivity contribution in [2.24, 2.45) is 0 Å². The fraction of sp³-hybridized carbons (Fsp3) is 0.500. The molecule has 0 N–H and O–H groups in total. The number of hydrogen-bond donors (Lipinski definition) is 0. The molecule has 1 aromatic rings. The summed E-state index contributed by atoms with van der Waals surface area (Å²) in [7, 11) is -0.562. The first kappa shape index (κ1) is 15.1. The molecule has 0 aliphatic carbocycles. The van der Waals surface area contributed by atoms with Gasteiger partial charge in [-0.2, -0.15) is 0 Å². The molecular weight excluding hydrogens is 263 g/mol. The van der Waals surface area contributed by atoms with Gasteiger partial charge >= 0.3 is 7.12 Å². The Labute approximate surface area is 118 Å². The van der Waals surface area contributed by atoms with E-state index in [0.717, 1.165) is 0 Å². The summed E-state index contributed by atoms with van der Waals surface area (Å²) < 4.78 is 37.2. The summed E-state index contributed by atoms with van der Waals surface area (Å²) in [6.07, 6.45) is 0.445. The van der Waals surface area contributed by atoms with E-state index < -0.39 is 24.7 Å². The average molecular weight is 281 g/mol. The van der Waals surface area contributed by atoms with Crippen LogP contribution in [0.25, 0.3) is 6.08 Å². The van der Waals surface area contributed by atoms with Gasteiger partial charge in [0.2, 0.25) is 0 Å². The first-order valence-electron chi connectivity index (χ1n) is 6.50. The van der Waals surface area contributed by atoms with E-state index in [1.165, 1.54) is 24.4 Å². The first-order valence-corrected chi connectivity index (χ1v) is 6.50. The quantitative estimate of drug-likeness (QED) is 0.792. The Kier molecular flexibility index (Phi) is 3.98. The Balaban J connectivity index is 2.16. The predicted octanol–water partition coefficient (Wildman–Crippen LogP) is 3.66. The molecule has 0 bridgehead atoms. The Morgan fingerprint density at radius 3 is 2.35 bits per heavy atom. The summed E-state index contributed by atoms with van der Waals surface area (Å²) in [5, 5.41) is 0. The van der Waals surface area contributed by atoms with Gasteiger partial charge in [-0.25, -0.2) is 8.78 Å². The number of nitrogens with zero attached hydrogens (tertiary/aromatic N) is 1. The molecule has 1 aliphatic rings. The second kappa shape index (κ2) is 5.26. The molecule has 0 radical (unpaired) electrons. The minimum absolute atomic E-state index is 0.0970. The van der Waals surface area contributed by atoms with Crippen LogP contribution in [-0.4, -0.2) is 23.3 Å². The van der Waals surface area contributed by atoms with Crippen LogP contribution in [0.5, 0.6) is 0 Å². The molecule has 0 atom stereocenters. The van der Waals surface area contributed by atoms with Crippen molar-refractivity contribution in [1.29, 1.82) is 0 Å². The summed E-state index contributed by atoms with van der Waals surface area (Å²) in [5.41, 5.74) is -0.757. The zero-order valence-electron chi connectivity index (χ0n) is 12.1. The van der Waals surface area contributed by atoms with Crippen LogP contribution in [0.3, 0.4) is 0 Å². The lowest BCUT2D eigenvalue weighted by Crippen LogP contribution is -2.41. The van der Waals surface area contributed by atoms with E-state index in [0.29, 0.717) is 0 Å². The number of alkyl halides is 2. The predicted molar refractivity (Wildman–Crippen MR) is 74.3 cm³/mol. The Hall–Kier alpha value is -1.27. The van der Waals surface area contributed by atoms with Crippen LogP contribution in [0.2, 0.25) is 0 Å². The summed E-state index contributed by atoms with van der Waals surface area (Å²) in [5.74, 6) is 1.62. The normalized spacial score (nSPS) is 21.1. The molecule has 1 aliphatic heterocycles. The van der Waals surface area contributed by atoms with Crippen molar-refractivity contribution in [3.8, 4) is 0 Å². The fourth-order valence-electron chi connectivity index (χ4n) is 1.89. The van der Waals surface area contributed by atoms with Crippen LogP contribution in [-0.2, 0) is 9.31 Å². The standard InChI is InChI=1S/C14H18BF2NO2/c1-13(2)14(3,4)20-15(19-13)8-7-11-10(12(16)17)6-5-9-18-11/h5-9,12H,1-4H3/b8-7+. The fourth-order valence-corrected chi connectivity index (χ4v) is 1.89. The molecule has 2 rings (SSSR count). The minimum Gasteiger partial charge on any atom is -0.400 e. The second-order valence-corrected chi connectivity index (χ2v) is 5.76. The smallest absolute Gasteiger partial charge is 0.400 e. The number of pyridine rings is 1. The van der Waals surface area contributed by atoms with Crippen molar-refractivity contribution >= 4 is 13.2 Å². The van der Waals surface area contributed by atoms with Crippen LogP contribution in [0.1, 0.15) is 45.4 Å². The molecule has 0 unspecified atom stereocenters. The number of hydrogen-bond acceptors (Lipinski definition) is 3. The third-order valence-corrected chi connectivity index (χ3v) is 3.79. The van der Waals surface area contributed by atoms with Gasteiger partial charge in [0.05, 0.1) is 16.9 Å². The van der Waals surface area contributed by atoms with Gasteiger partial charge in [0.25, 0.3) is 6.43 Å². The molecule has 20 heavy (non-hydrogen) atoms. The van der Waals surface area contributed by atoms with Crippen molar-refractivity contribution in [3.63, 3.8) is 0 Å². The Morgan fingerprint density at radius 1 is 1.20 bits per heavy atom. The molecule has 6 heteroatoms. The van der Waals surface area contributed by atoms with Crippen LogP contribution in [0.15, 0.2) is 24.3 Å². The largest absolute Gasteiger partial charge is 0.487 e. The number of aromatic nitrogens is 1. The van der Waals surface area contributed by atoms with Crippen molar-refractivity contribution in [2.45, 2.75) is 45.3 Å². The van der Waals surface area contributed by atoms with E-state index in [1.807, 2.05) is 27.7 Å². The second-order valence-electron chi connectivity index (χ2n) is 5.76. The minimum atomic E-state index is -2.55. The van der Waals surface area contributed by atoms with E-state index in [4.69, 9.17) is 9.31 Å². The highest BCUT2D eigenvalue weighted by Crippen LogP contribution is 2.37. The summed E-state index contributed by atoms with van der Waals surface area (Å²) in [6.45, 7) is 7.75. The molecule has 0 amide bonds. The zero-order valence-corrected chi connectivity index (χ0v) is 12.1. The topological polar surface area (TPSA) is 31.4 Å². The van der Waals surface area contributed by atoms with Crippen LogP contribution >= 0.6 is 0 Å². The molecule has 1 saturated heterocycles. The number of rotatable bonds is 3. The van der Waals surface area contributed by atoms with Crippen molar-refractivity contribution in [3.05, 3.63) is 35.6 Å². The van der Waals surface area contributed by atoms with Crippen LogP contribution in [0.4, 0.5) is 8.78 Å². The molecule has 108 valence electrons. The third-order valence-electron chi connectivity index (χ3n) is 3.79. The molecule has 2 heterocycles. The lowest BCUT2D eigenvalue weighted by atomic mass is 9.89. The molecule has 0 saturated carbocycles. The highest BCUT2D eigenvalue weighted by atomic mass is 19.3. The van der Waals surface area contributed by atoms with Crippen LogP contribution < -0.4 is 0 Å². The third kappa shape index (κ3) is 2.91. The lowest BCUT2D eigenvalue weighted by Gasteiger charge is -2.32. The van der Waals surface area contributed by atoms with E-state index in [1.54, 1.807) is 5.98 Å². The maximum absolute atomic E-state index is 12.8. The van der Waals surface area contributed by atoms with Gasteiger partial charge in [-0.05, 0) is 45.9 Å². The van der Waals surface area contributed by atoms with E-state index in [-0.39, 0.29) is 11.3 Å². The van der Waals surface area contributed by atoms with Gasteiger partial charge in [-0.1, -0.05) is 5.98 Å². The Bertz CT molecular complexity index is 502. The maximum Gasteiger partial charge on any atom is 0.487 e. The highest BCUT2D eigenvalue weighted by Gasteiger charge is 2.50. The molecule has 0 aromatic carbocycles. The monoisotopic (exact) mass is 281 g/mol. The van der Waals surface area contributed by atoms with Crippen LogP contribution in [0, 0.1) is 0 Å². The van der Waals surface area contributed by atoms with Gasteiger partial charge in [0.1, 0.15) is 0 Å². The SMILES string of the molecule is CC1(C)OB(/C=C/c2ncccc2C(F)F)OC1(C)C. The van der Waals surface area contributed by atoms with Gasteiger partial charge in [-0.15, -0.1) is 0 Å². The molecule has 0 spiro atoms. The number of halogens is 2. The summed E-state index contributed by atoms with van der Waals surface area (Å²) >= 11 is 0. The highest BCUT2D eigenvalue weighted by molar-refractivity contribution is 6.52. The molecule has 1 aromatic heterocycles. The molecular formula is C14H18BF2NO2. The van der Waals surface area contributed by atoms with E-state index in [2.05, 4.69) is 4.98 Å². The van der Waals surface area contributed by atoms with Crippen molar-refractivity contribution in [1.82, 2.24) is 4.98 Å². The molecule has 1 fully saturated rings. The first-order chi connectivity index (χ1) is 9.23. The zero-order chi connectivity index (χ0) is 15.0. The van der Waals surface area contributed by atoms with Crippen molar-refractivity contribution in [2.75, 3.05) is 0 Å². The van der Waals surface area contributed by atoms with Gasteiger partial charge < -0.3 is 9.31 Å². The maximum atomic E-state index is 12.8. The van der Waals surface area contributed by atoms with E-state index in [9.17, 15) is 8.78 Å². The summed E-state index contributed by atoms with van der Waals surface area (Å²) in [6, 6.07) is 2.86. The van der Waals surface area contributed by atoms with Gasteiger partial charge in [-0.3, -0.25) is 4.98 Å². The lowest BCUT2D eigenvalue weighted by molar-refractivity contribution is 0.00578. The van der Waals surface area contributed by atoms with Gasteiger partial charge in [0, 0.05) is 11.8 Å². The van der Waals surface area contributed by atoms with Gasteiger partial charge in [0.15, 0.2) is 0 Å². The Morgan fingerprint density at radius 2 is 1.80 bits per heavy atom. The average Bonchev–Trinajstić information content (AvgIpc) is 2.55. The van der Waals surface area contributed by atoms with E-state index >= 15 is 0 Å². The van der Waals surface area contributed by atoms with Crippen molar-refractivity contribution < 1.29 is 18.1 Å². The molecule has 3 nitrogen and oxygen atoms in total. The summed E-state index contributed by atoms with van der Waals surface area (Å²) in [4.78, 5) is 3.96.